The van der Waals surface area contributed by atoms with Crippen molar-refractivity contribution in [3.63, 3.8) is 0 Å². The van der Waals surface area contributed by atoms with Crippen LogP contribution in [0.4, 0.5) is 0 Å². The Labute approximate surface area is 411 Å². The summed E-state index contributed by atoms with van der Waals surface area (Å²) in [7, 11) is 3.27. The first-order valence-corrected chi connectivity index (χ1v) is 24.5. The molecule has 3 aliphatic rings. The summed E-state index contributed by atoms with van der Waals surface area (Å²) in [5.41, 5.74) is 13.0. The molecule has 3 aliphatic carbocycles. The number of hydrogen-bond acceptors (Lipinski definition) is 8. The molecule has 0 aliphatic heterocycles. The molecule has 0 spiro atoms. The van der Waals surface area contributed by atoms with E-state index < -0.39 is 0 Å². The van der Waals surface area contributed by atoms with Crippen LogP contribution < -0.4 is 18.9 Å². The zero-order valence-corrected chi connectivity index (χ0v) is 40.5. The highest BCUT2D eigenvalue weighted by molar-refractivity contribution is 6.16. The molecule has 0 saturated heterocycles. The van der Waals surface area contributed by atoms with Crippen molar-refractivity contribution in [1.29, 1.82) is 0 Å². The van der Waals surface area contributed by atoms with E-state index in [0.717, 1.165) is 91.1 Å². The summed E-state index contributed by atoms with van der Waals surface area (Å²) in [4.78, 5) is 27.9. The van der Waals surface area contributed by atoms with Gasteiger partial charge in [-0.15, -0.1) is 0 Å². The van der Waals surface area contributed by atoms with E-state index in [1.807, 2.05) is 133 Å². The van der Waals surface area contributed by atoms with Gasteiger partial charge in [-0.1, -0.05) is 74.5 Å². The number of carbonyl (C=O) groups excluding carboxylic acids is 2. The first-order valence-electron chi connectivity index (χ1n) is 24.5. The van der Waals surface area contributed by atoms with Crippen LogP contribution in [-0.4, -0.2) is 49.2 Å². The fourth-order valence-electron chi connectivity index (χ4n) is 9.87. The van der Waals surface area contributed by atoms with Gasteiger partial charge in [0.15, 0.2) is 11.6 Å². The number of carbonyl (C=O) groups is 2. The van der Waals surface area contributed by atoms with Crippen LogP contribution in [0.5, 0.6) is 34.5 Å². The van der Waals surface area contributed by atoms with Gasteiger partial charge in [-0.3, -0.25) is 9.59 Å². The Bertz CT molecular complexity index is 2780. The summed E-state index contributed by atoms with van der Waals surface area (Å²) < 4.78 is 23.9. The topological polar surface area (TPSA) is 112 Å². The Morgan fingerprint density at radius 2 is 0.729 bits per heavy atom. The van der Waals surface area contributed by atoms with Gasteiger partial charge in [-0.2, -0.15) is 0 Å². The lowest BCUT2D eigenvalue weighted by Crippen LogP contribution is -2.07. The molecule has 0 unspecified atom stereocenters. The van der Waals surface area contributed by atoms with E-state index in [4.69, 9.17) is 18.9 Å². The molecule has 0 atom stereocenters. The predicted molar refractivity (Wildman–Crippen MR) is 278 cm³/mol. The maximum Gasteiger partial charge on any atom is 0.185 e. The van der Waals surface area contributed by atoms with Gasteiger partial charge < -0.3 is 29.2 Å². The molecule has 356 valence electrons. The molecule has 2 N–H and O–H groups in total. The number of allylic oxidation sites excluding steroid dienone is 4. The van der Waals surface area contributed by atoms with Gasteiger partial charge in [0.2, 0.25) is 0 Å². The van der Waals surface area contributed by atoms with E-state index in [1.165, 1.54) is 0 Å². The van der Waals surface area contributed by atoms with Crippen molar-refractivity contribution in [2.45, 2.75) is 78.1 Å². The van der Waals surface area contributed by atoms with Crippen LogP contribution in [0.15, 0.2) is 131 Å². The number of phenols is 2. The molecule has 0 aromatic heterocycles. The van der Waals surface area contributed by atoms with Crippen LogP contribution in [0.3, 0.4) is 0 Å². The van der Waals surface area contributed by atoms with Crippen molar-refractivity contribution in [2.24, 2.45) is 0 Å². The molecule has 8 bridgehead atoms. The molecule has 0 amide bonds. The summed E-state index contributed by atoms with van der Waals surface area (Å²) >= 11 is 0. The van der Waals surface area contributed by atoms with Crippen LogP contribution in [-0.2, 0) is 35.3 Å². The van der Waals surface area contributed by atoms with Crippen LogP contribution >= 0.6 is 0 Å². The van der Waals surface area contributed by atoms with Crippen molar-refractivity contribution >= 4 is 35.9 Å². The van der Waals surface area contributed by atoms with E-state index in [2.05, 4.69) is 13.8 Å². The SMILES string of the molecule is CCCOc1c2cccc1Cc1cc(/C=C3\CC/C(=C\c4ccc(OC)cc4)C3=O)cc(c1O)Cc1cccc(c1OCCC)Cc1cc(/C=C3\CC/C(=C\c4ccc(OC)cc4)C3=O)cc(c1O)C2. The average molecular weight is 933 g/mol. The number of hydrogen-bond donors (Lipinski definition) is 2. The highest BCUT2D eigenvalue weighted by Gasteiger charge is 2.27. The van der Waals surface area contributed by atoms with Crippen LogP contribution in [0.2, 0.25) is 0 Å². The van der Waals surface area contributed by atoms with Gasteiger partial charge in [0, 0.05) is 48.0 Å². The van der Waals surface area contributed by atoms with Crippen LogP contribution in [0, 0.1) is 0 Å². The predicted octanol–water partition coefficient (Wildman–Crippen LogP) is 13.0. The second kappa shape index (κ2) is 21.4. The van der Waals surface area contributed by atoms with E-state index >= 15 is 0 Å². The smallest absolute Gasteiger partial charge is 0.185 e. The number of para-hydroxylation sites is 2. The lowest BCUT2D eigenvalue weighted by atomic mass is 9.89. The van der Waals surface area contributed by atoms with E-state index in [1.54, 1.807) is 14.2 Å². The molecule has 0 radical (unpaired) electrons. The lowest BCUT2D eigenvalue weighted by Gasteiger charge is -2.21. The van der Waals surface area contributed by atoms with Crippen LogP contribution in [0.1, 0.15) is 119 Å². The normalized spacial score (nSPS) is 16.9. The third-order valence-electron chi connectivity index (χ3n) is 13.5. The van der Waals surface area contributed by atoms with Crippen molar-refractivity contribution in [3.05, 3.63) is 198 Å². The fraction of sp³-hybridized carbons (Fsp3) is 0.258. The van der Waals surface area contributed by atoms with Gasteiger partial charge in [-0.25, -0.2) is 0 Å². The zero-order chi connectivity index (χ0) is 48.7. The monoisotopic (exact) mass is 932 g/mol. The Hall–Kier alpha value is -7.58. The standard InChI is InChI=1S/C62H60O8/c1-5-25-69-61-47-9-7-10-48(61)36-52-32-42(30-46-20-18-44(58(46)64)28-40-15-23-56(68-4)24-16-40)34-54(60(52)66)38-50-12-8-11-49(62(50)70-26-6-2)37-53-33-41(31-51(35-47)59(53)65)29-45-19-17-43(57(45)63)27-39-13-21-55(67-3)22-14-39/h7-16,21-24,27-34,65-66H,5-6,17-20,25-26,35-38H2,1-4H3/b43-27+,44-28+,45-29+,46-30+. The molecule has 0 heterocycles. The number of ketones is 2. The molecule has 9 rings (SSSR count). The van der Waals surface area contributed by atoms with Crippen LogP contribution in [0.25, 0.3) is 24.3 Å². The number of aromatic hydroxyl groups is 2. The first-order chi connectivity index (χ1) is 34.1. The first kappa shape index (κ1) is 47.5. The van der Waals surface area contributed by atoms with Gasteiger partial charge >= 0.3 is 0 Å². The number of benzene rings is 6. The molecule has 8 heteroatoms. The van der Waals surface area contributed by atoms with Gasteiger partial charge in [-0.05, 0) is 178 Å². The summed E-state index contributed by atoms with van der Waals surface area (Å²) in [5, 5.41) is 24.6. The second-order valence-electron chi connectivity index (χ2n) is 18.5. The maximum atomic E-state index is 13.9. The molecule has 6 aromatic carbocycles. The fourth-order valence-corrected chi connectivity index (χ4v) is 9.87. The molecular weight excluding hydrogens is 873 g/mol. The summed E-state index contributed by atoms with van der Waals surface area (Å²) in [5.74, 6) is 3.38. The zero-order valence-electron chi connectivity index (χ0n) is 40.5. The maximum absolute atomic E-state index is 13.9. The second-order valence-corrected chi connectivity index (χ2v) is 18.5. The quantitative estimate of drug-likeness (QED) is 0.117. The van der Waals surface area contributed by atoms with Crippen molar-refractivity contribution in [2.75, 3.05) is 27.4 Å². The third-order valence-corrected chi connectivity index (χ3v) is 13.5. The Kier molecular flexibility index (Phi) is 14.5. The Morgan fingerprint density at radius 1 is 0.429 bits per heavy atom. The van der Waals surface area contributed by atoms with E-state index in [-0.39, 0.29) is 23.1 Å². The minimum absolute atomic E-state index is 0.0272. The number of phenolic OH excluding ortho intramolecular Hbond substituents is 2. The minimum atomic E-state index is 0.0272. The molecule has 2 saturated carbocycles. The van der Waals surface area contributed by atoms with Gasteiger partial charge in [0.05, 0.1) is 27.4 Å². The van der Waals surface area contributed by atoms with Gasteiger partial charge in [0.1, 0.15) is 34.5 Å². The summed E-state index contributed by atoms with van der Waals surface area (Å²) in [6.07, 6.45) is 13.4. The number of ether oxygens (including phenoxy) is 4. The summed E-state index contributed by atoms with van der Waals surface area (Å²) in [6, 6.07) is 35.5. The number of methoxy groups -OCH3 is 2. The van der Waals surface area contributed by atoms with E-state index in [0.29, 0.717) is 98.3 Å². The number of rotatable bonds is 12. The highest BCUT2D eigenvalue weighted by atomic mass is 16.5. The van der Waals surface area contributed by atoms with Gasteiger partial charge in [0.25, 0.3) is 0 Å². The number of fused-ring (bicyclic) bond motifs is 8. The van der Waals surface area contributed by atoms with Crippen molar-refractivity contribution < 1.29 is 38.7 Å². The van der Waals surface area contributed by atoms with Crippen molar-refractivity contribution in [1.82, 2.24) is 0 Å². The molecule has 70 heavy (non-hydrogen) atoms. The summed E-state index contributed by atoms with van der Waals surface area (Å²) in [6.45, 7) is 5.10. The third kappa shape index (κ3) is 10.5. The Morgan fingerprint density at radius 3 is 1.01 bits per heavy atom. The number of Topliss-reactive ketones (excluding diaryl/α,β-unsaturated/α-hetero) is 2. The molecule has 2 fully saturated rings. The molecular formula is C62H60O8. The minimum Gasteiger partial charge on any atom is -0.507 e. The lowest BCUT2D eigenvalue weighted by molar-refractivity contribution is -0.112. The highest BCUT2D eigenvalue weighted by Crippen LogP contribution is 2.41. The van der Waals surface area contributed by atoms with Crippen molar-refractivity contribution in [3.8, 4) is 34.5 Å². The average Bonchev–Trinajstić information content (AvgIpc) is 3.89. The van der Waals surface area contributed by atoms with E-state index in [9.17, 15) is 19.8 Å². The molecule has 6 aromatic rings. The largest absolute Gasteiger partial charge is 0.507 e. The Balaban J connectivity index is 1.14. The molecule has 8 nitrogen and oxygen atoms in total.